The fourth-order valence-electron chi connectivity index (χ4n) is 3.07. The molecule has 29 heavy (non-hydrogen) atoms. The molecule has 0 unspecified atom stereocenters. The van der Waals surface area contributed by atoms with Crippen molar-refractivity contribution in [2.75, 3.05) is 25.1 Å². The molecule has 0 radical (unpaired) electrons. The molecule has 1 N–H and O–H groups in total. The zero-order valence-corrected chi connectivity index (χ0v) is 18.6. The van der Waals surface area contributed by atoms with Crippen LogP contribution in [0.1, 0.15) is 30.6 Å². The average Bonchev–Trinajstić information content (AvgIpc) is 3.01. The molecular weight excluding hydrogens is 444 g/mol. The third-order valence-corrected chi connectivity index (χ3v) is 8.28. The Morgan fingerprint density at radius 2 is 2.03 bits per heavy atom. The third-order valence-electron chi connectivity index (χ3n) is 4.63. The molecule has 162 valence electrons. The number of sulfonamides is 1. The predicted octanol–water partition coefficient (Wildman–Crippen LogP) is 0.829. The molecule has 2 rings (SSSR count). The molecule has 0 bridgehead atoms. The lowest BCUT2D eigenvalue weighted by Crippen LogP contribution is -2.46. The van der Waals surface area contributed by atoms with Gasteiger partial charge in [0.1, 0.15) is 4.90 Å². The summed E-state index contributed by atoms with van der Waals surface area (Å²) in [5, 5.41) is -0.0698. The van der Waals surface area contributed by atoms with Crippen molar-refractivity contribution in [1.82, 2.24) is 9.62 Å². The van der Waals surface area contributed by atoms with E-state index in [9.17, 15) is 26.4 Å². The molecule has 1 amide bonds. The minimum absolute atomic E-state index is 0.0170. The largest absolute Gasteiger partial charge is 0.449 e. The van der Waals surface area contributed by atoms with E-state index in [0.29, 0.717) is 6.42 Å². The van der Waals surface area contributed by atoms with Crippen LogP contribution < -0.4 is 4.72 Å². The lowest BCUT2D eigenvalue weighted by atomic mass is 10.2. The smallest absolute Gasteiger partial charge is 0.338 e. The number of nitrogens with one attached hydrogen (secondary N) is 1. The predicted molar refractivity (Wildman–Crippen MR) is 107 cm³/mol. The molecule has 1 aliphatic rings. The van der Waals surface area contributed by atoms with Gasteiger partial charge in [-0.3, -0.25) is 4.79 Å². The summed E-state index contributed by atoms with van der Waals surface area (Å²) >= 11 is 5.90. The molecule has 1 aromatic carbocycles. The molecule has 0 spiro atoms. The van der Waals surface area contributed by atoms with E-state index in [0.717, 1.165) is 6.07 Å². The topological polar surface area (TPSA) is 127 Å². The first-order valence-electron chi connectivity index (χ1n) is 8.87. The van der Waals surface area contributed by atoms with Gasteiger partial charge in [-0.05, 0) is 45.5 Å². The zero-order valence-electron chi connectivity index (χ0n) is 16.2. The van der Waals surface area contributed by atoms with Crippen LogP contribution in [0.15, 0.2) is 23.1 Å². The van der Waals surface area contributed by atoms with Crippen LogP contribution in [0.4, 0.5) is 0 Å². The molecule has 2 atom stereocenters. The van der Waals surface area contributed by atoms with Crippen molar-refractivity contribution in [3.05, 3.63) is 28.8 Å². The summed E-state index contributed by atoms with van der Waals surface area (Å²) in [4.78, 5) is 26.2. The van der Waals surface area contributed by atoms with Crippen molar-refractivity contribution in [1.29, 1.82) is 0 Å². The molecular formula is C17H23ClN2O7S2. The summed E-state index contributed by atoms with van der Waals surface area (Å²) in [5.41, 5.74) is -0.0885. The van der Waals surface area contributed by atoms with Crippen molar-refractivity contribution in [2.45, 2.75) is 37.3 Å². The Labute approximate surface area is 175 Å². The molecule has 12 heteroatoms. The molecule has 1 aliphatic heterocycles. The fourth-order valence-corrected chi connectivity index (χ4v) is 6.05. The summed E-state index contributed by atoms with van der Waals surface area (Å²) in [7, 11) is -5.86. The van der Waals surface area contributed by atoms with Crippen LogP contribution in [0, 0.1) is 0 Å². The normalized spacial score (nSPS) is 19.5. The van der Waals surface area contributed by atoms with Crippen molar-refractivity contribution in [3.8, 4) is 0 Å². The summed E-state index contributed by atoms with van der Waals surface area (Å²) in [6, 6.07) is 3.14. The maximum Gasteiger partial charge on any atom is 0.338 e. The van der Waals surface area contributed by atoms with Crippen LogP contribution in [0.3, 0.4) is 0 Å². The molecule has 1 saturated heterocycles. The highest BCUT2D eigenvalue weighted by atomic mass is 35.5. The Bertz CT molecular complexity index is 1010. The number of rotatable bonds is 7. The van der Waals surface area contributed by atoms with E-state index in [2.05, 4.69) is 4.72 Å². The number of amides is 1. The highest BCUT2D eigenvalue weighted by molar-refractivity contribution is 7.91. The average molecular weight is 467 g/mol. The standard InChI is InChI=1S/C17H23ClN2O7S2/c1-4-20(13-7-8-28(23,24)10-13)16(21)11(2)27-17(22)12-5-6-14(18)15(9-12)29(25,26)19-3/h5-6,9,11,13,19H,4,7-8,10H2,1-3H3/t11-,13+/m1/s1. The van der Waals surface area contributed by atoms with E-state index in [1.807, 2.05) is 0 Å². The summed E-state index contributed by atoms with van der Waals surface area (Å²) < 4.78 is 54.7. The quantitative estimate of drug-likeness (QED) is 0.589. The second-order valence-electron chi connectivity index (χ2n) is 6.58. The van der Waals surface area contributed by atoms with Gasteiger partial charge in [-0.25, -0.2) is 26.4 Å². The van der Waals surface area contributed by atoms with Crippen LogP contribution >= 0.6 is 11.6 Å². The number of carbonyl (C=O) groups is 2. The Morgan fingerprint density at radius 3 is 2.55 bits per heavy atom. The van der Waals surface area contributed by atoms with E-state index < -0.39 is 43.9 Å². The molecule has 9 nitrogen and oxygen atoms in total. The van der Waals surface area contributed by atoms with E-state index in [1.165, 1.54) is 31.0 Å². The number of hydrogen-bond donors (Lipinski definition) is 1. The maximum absolute atomic E-state index is 12.7. The van der Waals surface area contributed by atoms with E-state index >= 15 is 0 Å². The van der Waals surface area contributed by atoms with Gasteiger partial charge in [0.15, 0.2) is 15.9 Å². The molecule has 0 aliphatic carbocycles. The number of carbonyl (C=O) groups excluding carboxylic acids is 2. The minimum atomic E-state index is -3.89. The highest BCUT2D eigenvalue weighted by Crippen LogP contribution is 2.23. The number of nitrogens with zero attached hydrogens (tertiary/aromatic N) is 1. The maximum atomic E-state index is 12.7. The lowest BCUT2D eigenvalue weighted by molar-refractivity contribution is -0.141. The second-order valence-corrected chi connectivity index (χ2v) is 11.1. The molecule has 0 aromatic heterocycles. The Kier molecular flexibility index (Phi) is 7.31. The van der Waals surface area contributed by atoms with Crippen LogP contribution in [0.5, 0.6) is 0 Å². The SMILES string of the molecule is CCN(C(=O)[C@@H](C)OC(=O)c1ccc(Cl)c(S(=O)(=O)NC)c1)[C@H]1CCS(=O)(=O)C1. The van der Waals surface area contributed by atoms with Crippen molar-refractivity contribution >= 4 is 43.3 Å². The van der Waals surface area contributed by atoms with Gasteiger partial charge in [0.25, 0.3) is 5.91 Å². The van der Waals surface area contributed by atoms with Gasteiger partial charge in [0, 0.05) is 12.6 Å². The van der Waals surface area contributed by atoms with Crippen molar-refractivity contribution < 1.29 is 31.2 Å². The number of likely N-dealkylation sites (N-methyl/N-ethyl adjacent to an activating group) is 1. The van der Waals surface area contributed by atoms with Gasteiger partial charge in [-0.15, -0.1) is 0 Å². The molecule has 1 heterocycles. The number of benzene rings is 1. The molecule has 1 aromatic rings. The number of ether oxygens (including phenoxy) is 1. The fraction of sp³-hybridized carbons (Fsp3) is 0.529. The van der Waals surface area contributed by atoms with E-state index in [-0.39, 0.29) is 33.5 Å². The third kappa shape index (κ3) is 5.47. The first-order chi connectivity index (χ1) is 13.4. The molecule has 0 saturated carbocycles. The number of halogens is 1. The van der Waals surface area contributed by atoms with Crippen molar-refractivity contribution in [2.24, 2.45) is 0 Å². The minimum Gasteiger partial charge on any atom is -0.449 e. The van der Waals surface area contributed by atoms with Crippen LogP contribution in [-0.2, 0) is 29.4 Å². The summed E-state index contributed by atoms with van der Waals surface area (Å²) in [6.45, 7) is 3.37. The summed E-state index contributed by atoms with van der Waals surface area (Å²) in [5.74, 6) is -1.51. The van der Waals surface area contributed by atoms with Crippen LogP contribution in [-0.4, -0.2) is 70.9 Å². The van der Waals surface area contributed by atoms with Crippen molar-refractivity contribution in [3.63, 3.8) is 0 Å². The molecule has 1 fully saturated rings. The van der Waals surface area contributed by atoms with Gasteiger partial charge in [0.2, 0.25) is 10.0 Å². The number of hydrogen-bond acceptors (Lipinski definition) is 7. The number of esters is 1. The Morgan fingerprint density at radius 1 is 1.38 bits per heavy atom. The van der Waals surface area contributed by atoms with E-state index in [4.69, 9.17) is 16.3 Å². The summed E-state index contributed by atoms with van der Waals surface area (Å²) in [6.07, 6.45) is -0.837. The highest BCUT2D eigenvalue weighted by Gasteiger charge is 2.36. The first kappa shape index (κ1) is 23.6. The van der Waals surface area contributed by atoms with Crippen LogP contribution in [0.25, 0.3) is 0 Å². The van der Waals surface area contributed by atoms with Gasteiger partial charge < -0.3 is 9.64 Å². The lowest BCUT2D eigenvalue weighted by Gasteiger charge is -2.29. The van der Waals surface area contributed by atoms with Gasteiger partial charge >= 0.3 is 5.97 Å². The monoisotopic (exact) mass is 466 g/mol. The van der Waals surface area contributed by atoms with Crippen LogP contribution in [0.2, 0.25) is 5.02 Å². The Balaban J connectivity index is 2.16. The Hall–Kier alpha value is -1.69. The van der Waals surface area contributed by atoms with E-state index in [1.54, 1.807) is 6.92 Å². The second kappa shape index (κ2) is 8.99. The first-order valence-corrected chi connectivity index (χ1v) is 12.5. The number of sulfone groups is 1. The zero-order chi connectivity index (χ0) is 22.0. The van der Waals surface area contributed by atoms with Gasteiger partial charge in [-0.2, -0.15) is 0 Å². The van der Waals surface area contributed by atoms with Gasteiger partial charge in [0.05, 0.1) is 22.1 Å². The van der Waals surface area contributed by atoms with Gasteiger partial charge in [-0.1, -0.05) is 11.6 Å².